The fourth-order valence-electron chi connectivity index (χ4n) is 3.16. The van der Waals surface area contributed by atoms with Crippen LogP contribution in [0.2, 0.25) is 0 Å². The van der Waals surface area contributed by atoms with Crippen molar-refractivity contribution >= 4 is 11.4 Å². The number of likely N-dealkylation sites (N-methyl/N-ethyl adjacent to an activating group) is 1. The van der Waals surface area contributed by atoms with E-state index in [1.807, 2.05) is 7.05 Å². The first-order chi connectivity index (χ1) is 9.92. The van der Waals surface area contributed by atoms with Crippen LogP contribution in [0.3, 0.4) is 0 Å². The number of nitrogens with zero attached hydrogens (tertiary/aromatic N) is 3. The van der Waals surface area contributed by atoms with Crippen LogP contribution >= 0.6 is 0 Å². The first-order valence-electron chi connectivity index (χ1n) is 7.26. The summed E-state index contributed by atoms with van der Waals surface area (Å²) in [6.45, 7) is 5.03. The molecule has 116 valence electrons. The fraction of sp³-hybridized carbons (Fsp3) is 0.600. The molecule has 0 aliphatic carbocycles. The van der Waals surface area contributed by atoms with Crippen molar-refractivity contribution in [3.05, 3.63) is 33.9 Å². The van der Waals surface area contributed by atoms with Gasteiger partial charge in [-0.05, 0) is 31.6 Å². The molecule has 1 saturated heterocycles. The Kier molecular flexibility index (Phi) is 4.80. The highest BCUT2D eigenvalue weighted by Gasteiger charge is 2.31. The lowest BCUT2D eigenvalue weighted by molar-refractivity contribution is -0.384. The van der Waals surface area contributed by atoms with Gasteiger partial charge in [0, 0.05) is 50.5 Å². The van der Waals surface area contributed by atoms with Gasteiger partial charge < -0.3 is 10.2 Å². The molecule has 1 aromatic carbocycles. The number of hydrogen-bond acceptors (Lipinski definition) is 5. The average molecular weight is 292 g/mol. The molecule has 0 saturated carbocycles. The molecule has 2 rings (SSSR count). The molecule has 1 fully saturated rings. The van der Waals surface area contributed by atoms with E-state index in [4.69, 9.17) is 0 Å². The van der Waals surface area contributed by atoms with Crippen LogP contribution in [0.4, 0.5) is 11.4 Å². The monoisotopic (exact) mass is 292 g/mol. The Morgan fingerprint density at radius 2 is 2.14 bits per heavy atom. The summed E-state index contributed by atoms with van der Waals surface area (Å²) >= 11 is 0. The van der Waals surface area contributed by atoms with Crippen LogP contribution in [0.15, 0.2) is 18.2 Å². The van der Waals surface area contributed by atoms with Gasteiger partial charge in [0.2, 0.25) is 0 Å². The summed E-state index contributed by atoms with van der Waals surface area (Å²) in [7, 11) is 6.06. The molecule has 1 aliphatic rings. The highest BCUT2D eigenvalue weighted by atomic mass is 16.6. The lowest BCUT2D eigenvalue weighted by Gasteiger charge is -2.23. The second-order valence-electron chi connectivity index (χ2n) is 6.05. The predicted octanol–water partition coefficient (Wildman–Crippen LogP) is 2.02. The molecular formula is C15H24N4O2. The number of hydrogen-bond donors (Lipinski definition) is 1. The lowest BCUT2D eigenvalue weighted by atomic mass is 10.1. The van der Waals surface area contributed by atoms with Crippen molar-refractivity contribution in [1.82, 2.24) is 9.80 Å². The summed E-state index contributed by atoms with van der Waals surface area (Å²) in [5.74, 6) is 0.608. The van der Waals surface area contributed by atoms with E-state index in [9.17, 15) is 10.1 Å². The third kappa shape index (κ3) is 3.51. The van der Waals surface area contributed by atoms with Crippen molar-refractivity contribution in [3.63, 3.8) is 0 Å². The molecule has 0 spiro atoms. The number of nitro groups is 1. The molecular weight excluding hydrogens is 268 g/mol. The SMILES string of the molecule is CNc1ccc([N+](=O)[O-])cc1CN1CC(C)C(N(C)C)C1. The van der Waals surface area contributed by atoms with Crippen LogP contribution in [0.1, 0.15) is 12.5 Å². The maximum absolute atomic E-state index is 10.9. The molecule has 1 aromatic rings. The Morgan fingerprint density at radius 3 is 2.67 bits per heavy atom. The minimum absolute atomic E-state index is 0.153. The van der Waals surface area contributed by atoms with Gasteiger partial charge in [0.15, 0.2) is 0 Å². The summed E-state index contributed by atoms with van der Waals surface area (Å²) in [4.78, 5) is 15.2. The van der Waals surface area contributed by atoms with Crippen LogP contribution in [0, 0.1) is 16.0 Å². The summed E-state index contributed by atoms with van der Waals surface area (Å²) in [5, 5.41) is 14.1. The van der Waals surface area contributed by atoms with E-state index in [0.29, 0.717) is 12.0 Å². The number of likely N-dealkylation sites (tertiary alicyclic amines) is 1. The topological polar surface area (TPSA) is 61.7 Å². The van der Waals surface area contributed by atoms with Gasteiger partial charge in [-0.2, -0.15) is 0 Å². The number of anilines is 1. The molecule has 0 bridgehead atoms. The Hall–Kier alpha value is -1.66. The van der Waals surface area contributed by atoms with Gasteiger partial charge in [0.05, 0.1) is 4.92 Å². The number of rotatable bonds is 5. The van der Waals surface area contributed by atoms with Crippen molar-refractivity contribution in [1.29, 1.82) is 0 Å². The zero-order valence-corrected chi connectivity index (χ0v) is 13.2. The van der Waals surface area contributed by atoms with Gasteiger partial charge in [0.1, 0.15) is 0 Å². The molecule has 1 aliphatic heterocycles. The number of non-ortho nitro benzene ring substituents is 1. The van der Waals surface area contributed by atoms with Crippen molar-refractivity contribution in [2.24, 2.45) is 5.92 Å². The van der Waals surface area contributed by atoms with Gasteiger partial charge in [-0.15, -0.1) is 0 Å². The van der Waals surface area contributed by atoms with E-state index >= 15 is 0 Å². The van der Waals surface area contributed by atoms with Gasteiger partial charge in [-0.25, -0.2) is 0 Å². The quantitative estimate of drug-likeness (QED) is 0.664. The van der Waals surface area contributed by atoms with E-state index in [-0.39, 0.29) is 10.6 Å². The fourth-order valence-corrected chi connectivity index (χ4v) is 3.16. The first kappa shape index (κ1) is 15.7. The smallest absolute Gasteiger partial charge is 0.269 e. The van der Waals surface area contributed by atoms with Gasteiger partial charge in [0.25, 0.3) is 5.69 Å². The van der Waals surface area contributed by atoms with Crippen LogP contribution in [-0.4, -0.2) is 55.0 Å². The molecule has 0 aromatic heterocycles. The summed E-state index contributed by atoms with van der Waals surface area (Å²) in [5.41, 5.74) is 2.10. The van der Waals surface area contributed by atoms with E-state index in [1.165, 1.54) is 0 Å². The largest absolute Gasteiger partial charge is 0.388 e. The Bertz CT molecular complexity index is 518. The molecule has 0 amide bonds. The van der Waals surface area contributed by atoms with Crippen LogP contribution in [0.5, 0.6) is 0 Å². The summed E-state index contributed by atoms with van der Waals surface area (Å²) in [6, 6.07) is 5.56. The molecule has 21 heavy (non-hydrogen) atoms. The summed E-state index contributed by atoms with van der Waals surface area (Å²) < 4.78 is 0. The second kappa shape index (κ2) is 6.41. The Balaban J connectivity index is 2.15. The van der Waals surface area contributed by atoms with Crippen LogP contribution in [-0.2, 0) is 6.54 Å². The standard InChI is InChI=1S/C15H24N4O2/c1-11-8-18(10-15(11)17(3)4)9-12-7-13(19(20)21)5-6-14(12)16-2/h5-7,11,15-16H,8-10H2,1-4H3. The van der Waals surface area contributed by atoms with Crippen molar-refractivity contribution in [2.75, 3.05) is 39.5 Å². The maximum atomic E-state index is 10.9. The van der Waals surface area contributed by atoms with Gasteiger partial charge >= 0.3 is 0 Å². The average Bonchev–Trinajstić information content (AvgIpc) is 2.79. The van der Waals surface area contributed by atoms with E-state index in [2.05, 4.69) is 36.1 Å². The third-order valence-electron chi connectivity index (χ3n) is 4.27. The van der Waals surface area contributed by atoms with Gasteiger partial charge in [-0.3, -0.25) is 15.0 Å². The van der Waals surface area contributed by atoms with Crippen molar-refractivity contribution in [2.45, 2.75) is 19.5 Å². The van der Waals surface area contributed by atoms with E-state index < -0.39 is 0 Å². The maximum Gasteiger partial charge on any atom is 0.269 e. The zero-order valence-electron chi connectivity index (χ0n) is 13.2. The third-order valence-corrected chi connectivity index (χ3v) is 4.27. The first-order valence-corrected chi connectivity index (χ1v) is 7.26. The molecule has 1 N–H and O–H groups in total. The molecule has 6 heteroatoms. The Morgan fingerprint density at radius 1 is 1.43 bits per heavy atom. The molecule has 2 unspecified atom stereocenters. The molecule has 2 atom stereocenters. The molecule has 0 radical (unpaired) electrons. The Labute approximate surface area is 125 Å². The molecule has 1 heterocycles. The van der Waals surface area contributed by atoms with Crippen LogP contribution in [0.25, 0.3) is 0 Å². The van der Waals surface area contributed by atoms with Crippen LogP contribution < -0.4 is 5.32 Å². The normalized spacial score (nSPS) is 22.7. The van der Waals surface area contributed by atoms with Crippen molar-refractivity contribution < 1.29 is 4.92 Å². The highest BCUT2D eigenvalue weighted by molar-refractivity contribution is 5.55. The van der Waals surface area contributed by atoms with E-state index in [0.717, 1.165) is 30.9 Å². The van der Waals surface area contributed by atoms with Gasteiger partial charge in [-0.1, -0.05) is 6.92 Å². The number of benzene rings is 1. The van der Waals surface area contributed by atoms with E-state index in [1.54, 1.807) is 18.2 Å². The minimum atomic E-state index is -0.335. The minimum Gasteiger partial charge on any atom is -0.388 e. The number of nitrogens with one attached hydrogen (secondary N) is 1. The summed E-state index contributed by atoms with van der Waals surface area (Å²) in [6.07, 6.45) is 0. The number of nitro benzene ring substituents is 1. The predicted molar refractivity (Wildman–Crippen MR) is 84.6 cm³/mol. The zero-order chi connectivity index (χ0) is 15.6. The highest BCUT2D eigenvalue weighted by Crippen LogP contribution is 2.27. The second-order valence-corrected chi connectivity index (χ2v) is 6.05. The van der Waals surface area contributed by atoms with Crippen molar-refractivity contribution in [3.8, 4) is 0 Å². The lowest BCUT2D eigenvalue weighted by Crippen LogP contribution is -2.34. The molecule has 6 nitrogen and oxygen atoms in total.